The summed E-state index contributed by atoms with van der Waals surface area (Å²) in [7, 11) is 1.75. The Morgan fingerprint density at radius 2 is 1.91 bits per heavy atom. The van der Waals surface area contributed by atoms with Crippen molar-refractivity contribution in [1.29, 1.82) is 5.26 Å². The van der Waals surface area contributed by atoms with Gasteiger partial charge in [0.2, 0.25) is 0 Å². The van der Waals surface area contributed by atoms with Crippen molar-refractivity contribution in [3.05, 3.63) is 63.0 Å². The fraction of sp³-hybridized carbons (Fsp3) is 0.385. The predicted molar refractivity (Wildman–Crippen MR) is 137 cm³/mol. The molecule has 8 heteroatoms. The molecule has 1 aliphatic rings. The van der Waals surface area contributed by atoms with Gasteiger partial charge in [0.05, 0.1) is 26.4 Å². The van der Waals surface area contributed by atoms with E-state index in [4.69, 9.17) is 0 Å². The first kappa shape index (κ1) is 22.5. The van der Waals surface area contributed by atoms with Crippen LogP contribution in [0.25, 0.3) is 21.3 Å². The number of aryl methyl sites for hydroxylation is 2. The third-order valence-corrected chi connectivity index (χ3v) is 7.96. The van der Waals surface area contributed by atoms with Crippen LogP contribution in [0, 0.1) is 18.3 Å². The highest BCUT2D eigenvalue weighted by molar-refractivity contribution is 7.18. The molecule has 0 saturated carbocycles. The van der Waals surface area contributed by atoms with Gasteiger partial charge in [-0.15, -0.1) is 11.3 Å². The lowest BCUT2D eigenvalue weighted by Gasteiger charge is -2.47. The lowest BCUT2D eigenvalue weighted by atomic mass is 10.00. The largest absolute Gasteiger partial charge is 0.364 e. The summed E-state index contributed by atoms with van der Waals surface area (Å²) in [6.45, 7) is 10.4. The normalized spacial score (nSPS) is 20.1. The Morgan fingerprint density at radius 3 is 2.68 bits per heavy atom. The highest BCUT2D eigenvalue weighted by Gasteiger charge is 2.33. The summed E-state index contributed by atoms with van der Waals surface area (Å²) in [5.41, 5.74) is 4.89. The summed E-state index contributed by atoms with van der Waals surface area (Å²) in [6.07, 6.45) is 0. The molecule has 5 rings (SSSR count). The van der Waals surface area contributed by atoms with Crippen LogP contribution in [-0.2, 0) is 7.05 Å². The quantitative estimate of drug-likeness (QED) is 0.440. The van der Waals surface area contributed by atoms with Crippen molar-refractivity contribution in [2.45, 2.75) is 45.8 Å². The molecule has 1 fully saturated rings. The van der Waals surface area contributed by atoms with E-state index in [1.807, 2.05) is 13.0 Å². The number of benzene rings is 1. The number of rotatable bonds is 3. The number of thiazole rings is 1. The topological polar surface area (TPSA) is 78.0 Å². The van der Waals surface area contributed by atoms with Crippen LogP contribution in [0.5, 0.6) is 0 Å². The molecule has 4 heterocycles. The first-order chi connectivity index (χ1) is 16.3. The number of aromatic nitrogens is 3. The third-order valence-electron chi connectivity index (χ3n) is 7.03. The van der Waals surface area contributed by atoms with Gasteiger partial charge in [-0.2, -0.15) is 5.26 Å². The van der Waals surface area contributed by atoms with Crippen LogP contribution >= 0.6 is 11.3 Å². The molecule has 3 atom stereocenters. The van der Waals surface area contributed by atoms with Crippen LogP contribution in [-0.4, -0.2) is 44.6 Å². The SMILES string of the molecule is Cc1nc2ccc(C(C)N3C[C@H](C)N(c4cc(=O)n(C)c5ccc(C#N)nc45)C[C@H]3C)cc2s1. The summed E-state index contributed by atoms with van der Waals surface area (Å²) < 4.78 is 2.82. The Morgan fingerprint density at radius 1 is 1.12 bits per heavy atom. The monoisotopic (exact) mass is 472 g/mol. The fourth-order valence-electron chi connectivity index (χ4n) is 5.13. The zero-order chi connectivity index (χ0) is 24.1. The van der Waals surface area contributed by atoms with Crippen molar-refractivity contribution < 1.29 is 0 Å². The highest BCUT2D eigenvalue weighted by atomic mass is 32.1. The maximum Gasteiger partial charge on any atom is 0.252 e. The van der Waals surface area contributed by atoms with E-state index in [-0.39, 0.29) is 23.7 Å². The molecule has 0 spiro atoms. The zero-order valence-corrected chi connectivity index (χ0v) is 20.9. The molecule has 3 aromatic heterocycles. The molecular weight excluding hydrogens is 444 g/mol. The Labute approximate surface area is 202 Å². The lowest BCUT2D eigenvalue weighted by Crippen LogP contribution is -2.57. The Hall–Kier alpha value is -3.28. The van der Waals surface area contributed by atoms with Gasteiger partial charge in [-0.1, -0.05) is 6.07 Å². The van der Waals surface area contributed by atoms with Gasteiger partial charge in [0.15, 0.2) is 0 Å². The smallest absolute Gasteiger partial charge is 0.252 e. The van der Waals surface area contributed by atoms with Crippen LogP contribution in [0.2, 0.25) is 0 Å². The summed E-state index contributed by atoms with van der Waals surface area (Å²) in [5.74, 6) is 0. The van der Waals surface area contributed by atoms with Crippen LogP contribution in [0.1, 0.15) is 43.1 Å². The van der Waals surface area contributed by atoms with Crippen molar-refractivity contribution in [3.8, 4) is 6.07 Å². The molecule has 0 bridgehead atoms. The van der Waals surface area contributed by atoms with E-state index < -0.39 is 0 Å². The number of nitriles is 1. The maximum atomic E-state index is 12.7. The first-order valence-corrected chi connectivity index (χ1v) is 12.4. The van der Waals surface area contributed by atoms with Gasteiger partial charge >= 0.3 is 0 Å². The number of fused-ring (bicyclic) bond motifs is 2. The lowest BCUT2D eigenvalue weighted by molar-refractivity contribution is 0.119. The van der Waals surface area contributed by atoms with Crippen molar-refractivity contribution in [1.82, 2.24) is 19.4 Å². The number of hydrogen-bond donors (Lipinski definition) is 0. The van der Waals surface area contributed by atoms with Gasteiger partial charge < -0.3 is 9.47 Å². The van der Waals surface area contributed by atoms with Crippen molar-refractivity contribution in [3.63, 3.8) is 0 Å². The molecular formula is C26H28N6OS. The van der Waals surface area contributed by atoms with Crippen LogP contribution < -0.4 is 10.5 Å². The summed E-state index contributed by atoms with van der Waals surface area (Å²) in [4.78, 5) is 26.7. The van der Waals surface area contributed by atoms with Gasteiger partial charge in [-0.25, -0.2) is 9.97 Å². The molecule has 1 unspecified atom stereocenters. The van der Waals surface area contributed by atoms with Gasteiger partial charge in [-0.05, 0) is 57.5 Å². The van der Waals surface area contributed by atoms with E-state index in [0.29, 0.717) is 11.2 Å². The van der Waals surface area contributed by atoms with Crippen LogP contribution in [0.4, 0.5) is 5.69 Å². The van der Waals surface area contributed by atoms with E-state index >= 15 is 0 Å². The molecule has 174 valence electrons. The minimum absolute atomic E-state index is 0.0715. The molecule has 0 amide bonds. The number of piperazine rings is 1. The summed E-state index contributed by atoms with van der Waals surface area (Å²) >= 11 is 1.74. The Bertz CT molecular complexity index is 1500. The molecule has 0 N–H and O–H groups in total. The third kappa shape index (κ3) is 3.75. The molecule has 1 saturated heterocycles. The van der Waals surface area contributed by atoms with Crippen molar-refractivity contribution in [2.24, 2.45) is 7.05 Å². The average molecular weight is 473 g/mol. The maximum absolute atomic E-state index is 12.7. The molecule has 1 aromatic carbocycles. The van der Waals surface area contributed by atoms with E-state index in [1.165, 1.54) is 10.3 Å². The highest BCUT2D eigenvalue weighted by Crippen LogP contribution is 2.34. The Kier molecular flexibility index (Phi) is 5.62. The van der Waals surface area contributed by atoms with Crippen LogP contribution in [0.3, 0.4) is 0 Å². The van der Waals surface area contributed by atoms with E-state index in [9.17, 15) is 10.1 Å². The molecule has 34 heavy (non-hydrogen) atoms. The predicted octanol–water partition coefficient (Wildman–Crippen LogP) is 4.38. The van der Waals surface area contributed by atoms with Crippen molar-refractivity contribution in [2.75, 3.05) is 18.0 Å². The molecule has 0 radical (unpaired) electrons. The number of pyridine rings is 2. The summed E-state index contributed by atoms with van der Waals surface area (Å²) in [6, 6.07) is 14.6. The van der Waals surface area contributed by atoms with Crippen LogP contribution in [0.15, 0.2) is 41.2 Å². The Balaban J connectivity index is 1.48. The zero-order valence-electron chi connectivity index (χ0n) is 20.1. The molecule has 4 aromatic rings. The first-order valence-electron chi connectivity index (χ1n) is 11.6. The fourth-order valence-corrected chi connectivity index (χ4v) is 6.00. The standard InChI is InChI=1S/C26H28N6OS/c1-15-14-32(23-11-25(33)30(5)22-9-7-20(12-27)29-26(22)23)16(2)13-31(15)17(3)19-6-8-21-24(10-19)34-18(4)28-21/h6-11,15-17H,13-14H2,1-5H3/t15-,16+,17?/m1/s1. The molecule has 0 aliphatic carbocycles. The number of hydrogen-bond acceptors (Lipinski definition) is 7. The molecule has 1 aliphatic heterocycles. The van der Waals surface area contributed by atoms with Gasteiger partial charge in [0.25, 0.3) is 5.56 Å². The summed E-state index contributed by atoms with van der Waals surface area (Å²) in [5, 5.41) is 10.5. The van der Waals surface area contributed by atoms with Crippen molar-refractivity contribution >= 4 is 38.3 Å². The van der Waals surface area contributed by atoms with Gasteiger partial charge in [0, 0.05) is 44.3 Å². The average Bonchev–Trinajstić information content (AvgIpc) is 3.21. The minimum Gasteiger partial charge on any atom is -0.364 e. The second kappa shape index (κ2) is 8.49. The van der Waals surface area contributed by atoms with Gasteiger partial charge in [0.1, 0.15) is 17.3 Å². The second-order valence-corrected chi connectivity index (χ2v) is 10.5. The van der Waals surface area contributed by atoms with E-state index in [1.54, 1.807) is 35.1 Å². The number of nitrogens with zero attached hydrogens (tertiary/aromatic N) is 6. The number of anilines is 1. The minimum atomic E-state index is -0.0715. The van der Waals surface area contributed by atoms with E-state index in [2.05, 4.69) is 64.8 Å². The molecule has 7 nitrogen and oxygen atoms in total. The van der Waals surface area contributed by atoms with Gasteiger partial charge in [-0.3, -0.25) is 9.69 Å². The second-order valence-electron chi connectivity index (χ2n) is 9.29. The van der Waals surface area contributed by atoms with E-state index in [0.717, 1.165) is 34.8 Å².